The van der Waals surface area contributed by atoms with Gasteiger partial charge in [-0.25, -0.2) is 4.79 Å². The fourth-order valence-electron chi connectivity index (χ4n) is 2.92. The highest BCUT2D eigenvalue weighted by molar-refractivity contribution is 5.89. The van der Waals surface area contributed by atoms with Gasteiger partial charge in [0.15, 0.2) is 0 Å². The Morgan fingerprint density at radius 2 is 1.83 bits per heavy atom. The number of nitrogens with one attached hydrogen (secondary N) is 2. The summed E-state index contributed by atoms with van der Waals surface area (Å²) in [5.74, 6) is 0.714. The minimum absolute atomic E-state index is 0.01000. The first-order valence-corrected chi connectivity index (χ1v) is 8.18. The minimum atomic E-state index is -0.209. The number of anilines is 1. The lowest BCUT2D eigenvalue weighted by molar-refractivity contribution is 0.246. The van der Waals surface area contributed by atoms with Crippen molar-refractivity contribution in [3.63, 3.8) is 0 Å². The summed E-state index contributed by atoms with van der Waals surface area (Å²) >= 11 is 0. The molecule has 4 nitrogen and oxygen atoms in total. The van der Waals surface area contributed by atoms with E-state index in [0.29, 0.717) is 11.4 Å². The molecular formula is C20H26N2O2. The van der Waals surface area contributed by atoms with Crippen LogP contribution in [0.2, 0.25) is 0 Å². The predicted molar refractivity (Wildman–Crippen MR) is 98.7 cm³/mol. The lowest BCUT2D eigenvalue weighted by Crippen LogP contribution is -2.39. The van der Waals surface area contributed by atoms with Crippen molar-refractivity contribution in [3.05, 3.63) is 60.2 Å². The van der Waals surface area contributed by atoms with E-state index in [1.807, 2.05) is 43.3 Å². The summed E-state index contributed by atoms with van der Waals surface area (Å²) in [6.45, 7) is 6.41. The van der Waals surface area contributed by atoms with E-state index in [2.05, 4.69) is 36.6 Å². The van der Waals surface area contributed by atoms with Gasteiger partial charge in [-0.15, -0.1) is 0 Å². The molecule has 0 aliphatic carbocycles. The average molecular weight is 326 g/mol. The molecule has 2 N–H and O–H groups in total. The first-order valence-electron chi connectivity index (χ1n) is 8.18. The Morgan fingerprint density at radius 1 is 1.12 bits per heavy atom. The van der Waals surface area contributed by atoms with E-state index in [1.54, 1.807) is 13.2 Å². The number of urea groups is 1. The molecule has 0 aromatic heterocycles. The fraction of sp³-hybridized carbons (Fsp3) is 0.350. The van der Waals surface area contributed by atoms with Crippen molar-refractivity contribution in [1.29, 1.82) is 0 Å². The smallest absolute Gasteiger partial charge is 0.319 e. The van der Waals surface area contributed by atoms with Crippen LogP contribution in [-0.4, -0.2) is 19.2 Å². The molecule has 0 unspecified atom stereocenters. The van der Waals surface area contributed by atoms with Crippen LogP contribution in [0.4, 0.5) is 10.5 Å². The zero-order valence-corrected chi connectivity index (χ0v) is 14.8. The summed E-state index contributed by atoms with van der Waals surface area (Å²) < 4.78 is 5.16. The molecule has 0 bridgehead atoms. The van der Waals surface area contributed by atoms with E-state index in [4.69, 9.17) is 4.74 Å². The van der Waals surface area contributed by atoms with Crippen LogP contribution in [0.15, 0.2) is 54.6 Å². The molecule has 2 aromatic carbocycles. The van der Waals surface area contributed by atoms with Crippen LogP contribution in [0, 0.1) is 0 Å². The number of carbonyl (C=O) groups excluding carboxylic acids is 1. The van der Waals surface area contributed by atoms with Crippen molar-refractivity contribution in [1.82, 2.24) is 5.32 Å². The molecule has 2 amide bonds. The molecule has 0 fully saturated rings. The summed E-state index contributed by atoms with van der Waals surface area (Å²) in [7, 11) is 1.60. The summed E-state index contributed by atoms with van der Waals surface area (Å²) in [6.07, 6.45) is 0.850. The molecule has 4 heteroatoms. The van der Waals surface area contributed by atoms with Crippen molar-refractivity contribution in [2.75, 3.05) is 12.4 Å². The van der Waals surface area contributed by atoms with Gasteiger partial charge in [0.1, 0.15) is 5.75 Å². The van der Waals surface area contributed by atoms with Gasteiger partial charge in [0.25, 0.3) is 0 Å². The van der Waals surface area contributed by atoms with Crippen LogP contribution in [0.1, 0.15) is 32.8 Å². The Kier molecular flexibility index (Phi) is 5.85. The van der Waals surface area contributed by atoms with E-state index in [0.717, 1.165) is 6.42 Å². The number of carbonyl (C=O) groups is 1. The number of benzene rings is 2. The zero-order valence-electron chi connectivity index (χ0n) is 14.8. The number of hydrogen-bond acceptors (Lipinski definition) is 2. The topological polar surface area (TPSA) is 50.4 Å². The number of rotatable bonds is 6. The van der Waals surface area contributed by atoms with Gasteiger partial charge >= 0.3 is 6.03 Å². The molecular weight excluding hydrogens is 300 g/mol. The normalized spacial score (nSPS) is 12.3. The van der Waals surface area contributed by atoms with E-state index >= 15 is 0 Å². The molecule has 2 rings (SSSR count). The summed E-state index contributed by atoms with van der Waals surface area (Å²) in [6, 6.07) is 17.5. The Hall–Kier alpha value is -2.49. The van der Waals surface area contributed by atoms with Gasteiger partial charge < -0.3 is 15.4 Å². The maximum Gasteiger partial charge on any atom is 0.319 e. The third-order valence-corrected chi connectivity index (χ3v) is 4.08. The molecule has 0 saturated carbocycles. The molecule has 2 aromatic rings. The standard InChI is InChI=1S/C20H26N2O2/c1-15(14-20(2,3)16-9-6-5-7-10-16)21-19(23)22-17-11-8-12-18(13-17)24-4/h5-13,15H,14H2,1-4H3,(H2,21,22,23)/t15-/m1/s1. The van der Waals surface area contributed by atoms with Gasteiger partial charge in [-0.3, -0.25) is 0 Å². The highest BCUT2D eigenvalue weighted by Gasteiger charge is 2.24. The SMILES string of the molecule is COc1cccc(NC(=O)N[C@H](C)CC(C)(C)c2ccccc2)c1. The maximum atomic E-state index is 12.2. The summed E-state index contributed by atoms with van der Waals surface area (Å²) in [4.78, 5) is 12.2. The molecule has 128 valence electrons. The number of hydrogen-bond donors (Lipinski definition) is 2. The molecule has 0 aliphatic heterocycles. The van der Waals surface area contributed by atoms with E-state index in [-0.39, 0.29) is 17.5 Å². The number of amides is 2. The minimum Gasteiger partial charge on any atom is -0.497 e. The number of methoxy groups -OCH3 is 1. The fourth-order valence-corrected chi connectivity index (χ4v) is 2.92. The van der Waals surface area contributed by atoms with Crippen LogP contribution < -0.4 is 15.4 Å². The third kappa shape index (κ3) is 5.01. The van der Waals surface area contributed by atoms with Gasteiger partial charge in [0, 0.05) is 17.8 Å². The number of ether oxygens (including phenoxy) is 1. The quantitative estimate of drug-likeness (QED) is 0.817. The summed E-state index contributed by atoms with van der Waals surface area (Å²) in [5.41, 5.74) is 1.97. The van der Waals surface area contributed by atoms with Crippen molar-refractivity contribution in [2.24, 2.45) is 0 Å². The highest BCUT2D eigenvalue weighted by Crippen LogP contribution is 2.28. The van der Waals surface area contributed by atoms with E-state index < -0.39 is 0 Å². The highest BCUT2D eigenvalue weighted by atomic mass is 16.5. The Labute approximate surface area is 144 Å². The van der Waals surface area contributed by atoms with Crippen molar-refractivity contribution in [2.45, 2.75) is 38.6 Å². The van der Waals surface area contributed by atoms with Crippen LogP contribution in [0.25, 0.3) is 0 Å². The second-order valence-corrected chi connectivity index (χ2v) is 6.69. The summed E-state index contributed by atoms with van der Waals surface area (Å²) in [5, 5.41) is 5.84. The molecule has 24 heavy (non-hydrogen) atoms. The molecule has 0 saturated heterocycles. The van der Waals surface area contributed by atoms with Gasteiger partial charge in [-0.2, -0.15) is 0 Å². The van der Waals surface area contributed by atoms with Gasteiger partial charge in [0.05, 0.1) is 7.11 Å². The average Bonchev–Trinajstić information content (AvgIpc) is 2.55. The Morgan fingerprint density at radius 3 is 2.50 bits per heavy atom. The largest absolute Gasteiger partial charge is 0.497 e. The van der Waals surface area contributed by atoms with Crippen molar-refractivity contribution < 1.29 is 9.53 Å². The van der Waals surface area contributed by atoms with E-state index in [9.17, 15) is 4.79 Å². The predicted octanol–water partition coefficient (Wildman–Crippen LogP) is 4.57. The lowest BCUT2D eigenvalue weighted by Gasteiger charge is -2.29. The van der Waals surface area contributed by atoms with Crippen molar-refractivity contribution in [3.8, 4) is 5.75 Å². The second kappa shape index (κ2) is 7.86. The van der Waals surface area contributed by atoms with Gasteiger partial charge in [-0.1, -0.05) is 50.2 Å². The van der Waals surface area contributed by atoms with E-state index in [1.165, 1.54) is 5.56 Å². The van der Waals surface area contributed by atoms with Crippen LogP contribution in [0.3, 0.4) is 0 Å². The third-order valence-electron chi connectivity index (χ3n) is 4.08. The van der Waals surface area contributed by atoms with Gasteiger partial charge in [0.2, 0.25) is 0 Å². The van der Waals surface area contributed by atoms with Crippen molar-refractivity contribution >= 4 is 11.7 Å². The van der Waals surface area contributed by atoms with Crippen LogP contribution >= 0.6 is 0 Å². The maximum absolute atomic E-state index is 12.2. The van der Waals surface area contributed by atoms with Gasteiger partial charge in [-0.05, 0) is 36.5 Å². The first-order chi connectivity index (χ1) is 11.4. The van der Waals surface area contributed by atoms with Crippen LogP contribution in [0.5, 0.6) is 5.75 Å². The monoisotopic (exact) mass is 326 g/mol. The Bertz CT molecular complexity index is 668. The zero-order chi connectivity index (χ0) is 17.6. The second-order valence-electron chi connectivity index (χ2n) is 6.69. The molecule has 1 atom stereocenters. The lowest BCUT2D eigenvalue weighted by atomic mass is 9.79. The molecule has 0 spiro atoms. The molecule has 0 aliphatic rings. The molecule has 0 heterocycles. The first kappa shape index (κ1) is 17.9. The Balaban J connectivity index is 1.91. The van der Waals surface area contributed by atoms with Crippen LogP contribution in [-0.2, 0) is 5.41 Å². The molecule has 0 radical (unpaired) electrons.